The Labute approximate surface area is 179 Å². The second kappa shape index (κ2) is 11.6. The van der Waals surface area contributed by atoms with Gasteiger partial charge < -0.3 is 14.6 Å². The Morgan fingerprint density at radius 2 is 1.87 bits per heavy atom. The topological polar surface area (TPSA) is 59.0 Å². The molecule has 0 bridgehead atoms. The van der Waals surface area contributed by atoms with Crippen LogP contribution in [0, 0.1) is 0 Å². The van der Waals surface area contributed by atoms with Gasteiger partial charge in [-0.1, -0.05) is 50.1 Å². The van der Waals surface area contributed by atoms with Crippen LogP contribution in [-0.4, -0.2) is 48.3 Å². The van der Waals surface area contributed by atoms with Crippen molar-refractivity contribution >= 4 is 5.97 Å². The molecule has 1 aliphatic heterocycles. The molecule has 3 rings (SSSR count). The van der Waals surface area contributed by atoms with Crippen LogP contribution in [0.15, 0.2) is 48.5 Å². The fourth-order valence-electron chi connectivity index (χ4n) is 3.80. The number of hydrogen-bond donors (Lipinski definition) is 1. The Balaban J connectivity index is 1.63. The smallest absolute Gasteiger partial charge is 0.338 e. The number of ether oxygens (including phenoxy) is 2. The van der Waals surface area contributed by atoms with E-state index in [2.05, 4.69) is 24.0 Å². The minimum absolute atomic E-state index is 0.0397. The average Bonchev–Trinajstić information content (AvgIpc) is 2.79. The Hall–Kier alpha value is -2.53. The fraction of sp³-hybridized carbons (Fsp3) is 0.480. The van der Waals surface area contributed by atoms with E-state index in [0.29, 0.717) is 24.5 Å². The van der Waals surface area contributed by atoms with Crippen molar-refractivity contribution in [3.8, 4) is 11.5 Å². The van der Waals surface area contributed by atoms with Crippen LogP contribution in [0.2, 0.25) is 0 Å². The number of phenols is 1. The molecule has 0 radical (unpaired) electrons. The first kappa shape index (κ1) is 22.2. The van der Waals surface area contributed by atoms with Gasteiger partial charge in [0.2, 0.25) is 0 Å². The highest BCUT2D eigenvalue weighted by molar-refractivity contribution is 5.90. The molecular formula is C25H33NO4. The van der Waals surface area contributed by atoms with Crippen molar-refractivity contribution in [2.75, 3.05) is 26.3 Å². The quantitative estimate of drug-likeness (QED) is 0.448. The monoisotopic (exact) mass is 411 g/mol. The number of unbranched alkanes of at least 4 members (excludes halogenated alkanes) is 1. The third-order valence-electron chi connectivity index (χ3n) is 5.58. The van der Waals surface area contributed by atoms with Gasteiger partial charge in [-0.05, 0) is 62.5 Å². The maximum absolute atomic E-state index is 12.7. The molecule has 0 aromatic heterocycles. The van der Waals surface area contributed by atoms with Gasteiger partial charge in [0.05, 0.1) is 12.2 Å². The predicted octanol–water partition coefficient (Wildman–Crippen LogP) is 4.83. The maximum Gasteiger partial charge on any atom is 0.338 e. The molecule has 1 aliphatic rings. The number of nitrogens with zero attached hydrogens (tertiary/aromatic N) is 1. The molecule has 2 aromatic rings. The number of aromatic hydroxyl groups is 1. The summed E-state index contributed by atoms with van der Waals surface area (Å²) in [7, 11) is 0. The lowest BCUT2D eigenvalue weighted by Gasteiger charge is -2.34. The third-order valence-corrected chi connectivity index (χ3v) is 5.58. The molecule has 0 aliphatic carbocycles. The van der Waals surface area contributed by atoms with Crippen molar-refractivity contribution in [2.24, 2.45) is 0 Å². The molecular weight excluding hydrogens is 378 g/mol. The SMILES string of the molecule is CCCCOc1cc(C(=O)OC[C@H](Cc2ccccc2)N2CCCCC2)ccc1O. The van der Waals surface area contributed by atoms with E-state index in [9.17, 15) is 9.90 Å². The lowest BCUT2D eigenvalue weighted by atomic mass is 10.0. The lowest BCUT2D eigenvalue weighted by Crippen LogP contribution is -2.43. The molecule has 1 saturated heterocycles. The summed E-state index contributed by atoms with van der Waals surface area (Å²) >= 11 is 0. The Morgan fingerprint density at radius 3 is 2.60 bits per heavy atom. The second-order valence-electron chi connectivity index (χ2n) is 7.92. The van der Waals surface area contributed by atoms with Gasteiger partial charge in [0.1, 0.15) is 6.61 Å². The summed E-state index contributed by atoms with van der Waals surface area (Å²) < 4.78 is 11.3. The molecule has 0 saturated carbocycles. The molecule has 0 spiro atoms. The number of rotatable bonds is 10. The summed E-state index contributed by atoms with van der Waals surface area (Å²) in [6.07, 6.45) is 6.40. The summed E-state index contributed by atoms with van der Waals surface area (Å²) in [5.41, 5.74) is 1.65. The predicted molar refractivity (Wildman–Crippen MR) is 118 cm³/mol. The van der Waals surface area contributed by atoms with Crippen LogP contribution >= 0.6 is 0 Å². The molecule has 1 fully saturated rings. The zero-order valence-electron chi connectivity index (χ0n) is 17.9. The number of piperidine rings is 1. The van der Waals surface area contributed by atoms with Crippen LogP contribution in [0.5, 0.6) is 11.5 Å². The number of esters is 1. The zero-order chi connectivity index (χ0) is 21.2. The minimum atomic E-state index is -0.384. The molecule has 162 valence electrons. The van der Waals surface area contributed by atoms with E-state index in [1.807, 2.05) is 18.2 Å². The van der Waals surface area contributed by atoms with Crippen LogP contribution in [0.1, 0.15) is 54.9 Å². The van der Waals surface area contributed by atoms with Gasteiger partial charge >= 0.3 is 5.97 Å². The summed E-state index contributed by atoms with van der Waals surface area (Å²) in [5, 5.41) is 9.98. The van der Waals surface area contributed by atoms with E-state index in [1.54, 1.807) is 12.1 Å². The molecule has 1 N–H and O–H groups in total. The first-order valence-corrected chi connectivity index (χ1v) is 11.1. The number of carbonyl (C=O) groups is 1. The van der Waals surface area contributed by atoms with Crippen molar-refractivity contribution in [3.05, 3.63) is 59.7 Å². The number of likely N-dealkylation sites (tertiary alicyclic amines) is 1. The van der Waals surface area contributed by atoms with Crippen molar-refractivity contribution in [1.29, 1.82) is 0 Å². The average molecular weight is 412 g/mol. The summed E-state index contributed by atoms with van der Waals surface area (Å²) in [4.78, 5) is 15.1. The van der Waals surface area contributed by atoms with Crippen LogP contribution in [0.3, 0.4) is 0 Å². The third kappa shape index (κ3) is 6.49. The van der Waals surface area contributed by atoms with Crippen molar-refractivity contribution in [3.63, 3.8) is 0 Å². The molecule has 1 atom stereocenters. The normalized spacial score (nSPS) is 15.5. The zero-order valence-corrected chi connectivity index (χ0v) is 17.9. The van der Waals surface area contributed by atoms with E-state index in [1.165, 1.54) is 30.9 Å². The van der Waals surface area contributed by atoms with Crippen LogP contribution in [-0.2, 0) is 11.2 Å². The van der Waals surface area contributed by atoms with Gasteiger partial charge in [0.15, 0.2) is 11.5 Å². The number of benzene rings is 2. The van der Waals surface area contributed by atoms with Crippen molar-refractivity contribution in [2.45, 2.75) is 51.5 Å². The van der Waals surface area contributed by atoms with Gasteiger partial charge in [0.25, 0.3) is 0 Å². The van der Waals surface area contributed by atoms with E-state index in [4.69, 9.17) is 9.47 Å². The first-order chi connectivity index (χ1) is 14.7. The molecule has 2 aromatic carbocycles. The summed E-state index contributed by atoms with van der Waals surface area (Å²) in [6.45, 7) is 5.02. The van der Waals surface area contributed by atoms with Crippen molar-refractivity contribution < 1.29 is 19.4 Å². The Kier molecular flexibility index (Phi) is 8.57. The van der Waals surface area contributed by atoms with E-state index >= 15 is 0 Å². The van der Waals surface area contributed by atoms with Crippen LogP contribution < -0.4 is 4.74 Å². The van der Waals surface area contributed by atoms with E-state index in [-0.39, 0.29) is 17.8 Å². The molecule has 30 heavy (non-hydrogen) atoms. The summed E-state index contributed by atoms with van der Waals surface area (Å²) in [6, 6.07) is 15.2. The molecule has 0 amide bonds. The number of carbonyl (C=O) groups excluding carboxylic acids is 1. The molecule has 5 nitrogen and oxygen atoms in total. The number of phenolic OH excluding ortho intramolecular Hbond substituents is 1. The largest absolute Gasteiger partial charge is 0.504 e. The van der Waals surface area contributed by atoms with Gasteiger partial charge in [0, 0.05) is 6.04 Å². The fourth-order valence-corrected chi connectivity index (χ4v) is 3.80. The van der Waals surface area contributed by atoms with Crippen molar-refractivity contribution in [1.82, 2.24) is 4.90 Å². The highest BCUT2D eigenvalue weighted by Gasteiger charge is 2.23. The lowest BCUT2D eigenvalue weighted by molar-refractivity contribution is 0.0319. The van der Waals surface area contributed by atoms with Gasteiger partial charge in [-0.15, -0.1) is 0 Å². The summed E-state index contributed by atoms with van der Waals surface area (Å²) in [5.74, 6) is -0.0156. The maximum atomic E-state index is 12.7. The van der Waals surface area contributed by atoms with Crippen LogP contribution in [0.25, 0.3) is 0 Å². The van der Waals surface area contributed by atoms with Gasteiger partial charge in [-0.3, -0.25) is 4.90 Å². The van der Waals surface area contributed by atoms with E-state index in [0.717, 1.165) is 32.4 Å². The van der Waals surface area contributed by atoms with Gasteiger partial charge in [-0.25, -0.2) is 4.79 Å². The van der Waals surface area contributed by atoms with Gasteiger partial charge in [-0.2, -0.15) is 0 Å². The molecule has 1 heterocycles. The standard InChI is InChI=1S/C25H33NO4/c1-2-3-16-29-24-18-21(12-13-23(24)27)25(28)30-19-22(26-14-8-5-9-15-26)17-20-10-6-4-7-11-20/h4,6-7,10-13,18,22,27H,2-3,5,8-9,14-17,19H2,1H3/t22-/m0/s1. The molecule has 0 unspecified atom stereocenters. The highest BCUT2D eigenvalue weighted by atomic mass is 16.5. The van der Waals surface area contributed by atoms with E-state index < -0.39 is 0 Å². The first-order valence-electron chi connectivity index (χ1n) is 11.1. The van der Waals surface area contributed by atoms with Crippen LogP contribution in [0.4, 0.5) is 0 Å². The molecule has 5 heteroatoms. The second-order valence-corrected chi connectivity index (χ2v) is 7.92. The Bertz CT molecular complexity index is 787. The Morgan fingerprint density at radius 1 is 1.10 bits per heavy atom. The minimum Gasteiger partial charge on any atom is -0.504 e. The number of hydrogen-bond acceptors (Lipinski definition) is 5. The highest BCUT2D eigenvalue weighted by Crippen LogP contribution is 2.27.